The topological polar surface area (TPSA) is 58.1 Å². The number of nitrogens with one attached hydrogen (secondary N) is 2. The number of halogens is 1. The number of ether oxygens (including phenoxy) is 2. The van der Waals surface area contributed by atoms with Crippen LogP contribution in [0.5, 0.6) is 5.75 Å². The molecule has 1 saturated heterocycles. The van der Waals surface area contributed by atoms with Crippen molar-refractivity contribution in [2.24, 2.45) is 4.99 Å². The molecule has 29 heavy (non-hydrogen) atoms. The zero-order valence-electron chi connectivity index (χ0n) is 17.0. The van der Waals surface area contributed by atoms with E-state index in [4.69, 9.17) is 21.1 Å². The van der Waals surface area contributed by atoms with Crippen LogP contribution in [0.25, 0.3) is 0 Å². The van der Waals surface area contributed by atoms with Gasteiger partial charge in [0.25, 0.3) is 0 Å². The lowest BCUT2D eigenvalue weighted by Crippen LogP contribution is -2.46. The molecule has 1 fully saturated rings. The fourth-order valence-electron chi connectivity index (χ4n) is 3.37. The number of aliphatic imine (C=N–C) groups is 1. The van der Waals surface area contributed by atoms with E-state index < -0.39 is 0 Å². The van der Waals surface area contributed by atoms with Crippen LogP contribution in [0, 0.1) is 0 Å². The van der Waals surface area contributed by atoms with Gasteiger partial charge in [-0.25, -0.2) is 0 Å². The van der Waals surface area contributed by atoms with Gasteiger partial charge >= 0.3 is 0 Å². The predicted molar refractivity (Wildman–Crippen MR) is 121 cm³/mol. The van der Waals surface area contributed by atoms with Crippen LogP contribution in [0.3, 0.4) is 0 Å². The summed E-state index contributed by atoms with van der Waals surface area (Å²) in [4.78, 5) is 8.21. The van der Waals surface area contributed by atoms with Gasteiger partial charge in [-0.2, -0.15) is 0 Å². The maximum Gasteiger partial charge on any atom is 0.191 e. The number of thiophene rings is 1. The van der Waals surface area contributed by atoms with Crippen LogP contribution in [0.1, 0.15) is 16.5 Å². The molecule has 0 amide bonds. The second-order valence-corrected chi connectivity index (χ2v) is 8.15. The molecule has 2 N–H and O–H groups in total. The predicted octanol–water partition coefficient (Wildman–Crippen LogP) is 3.19. The van der Waals surface area contributed by atoms with E-state index in [1.165, 1.54) is 4.88 Å². The highest BCUT2D eigenvalue weighted by molar-refractivity contribution is 7.10. The van der Waals surface area contributed by atoms with Crippen LogP contribution in [0.15, 0.2) is 40.7 Å². The summed E-state index contributed by atoms with van der Waals surface area (Å²) in [6.07, 6.45) is 0.807. The highest BCUT2D eigenvalue weighted by Gasteiger charge is 2.23. The third-order valence-corrected chi connectivity index (χ3v) is 6.32. The number of hydrogen-bond acceptors (Lipinski definition) is 5. The second kappa shape index (κ2) is 11.4. The van der Waals surface area contributed by atoms with Crippen molar-refractivity contribution in [3.63, 3.8) is 0 Å². The zero-order chi connectivity index (χ0) is 20.5. The first-order valence-corrected chi connectivity index (χ1v) is 11.1. The fourth-order valence-corrected chi connectivity index (χ4v) is 4.49. The van der Waals surface area contributed by atoms with E-state index >= 15 is 0 Å². The molecule has 0 radical (unpaired) electrons. The Kier molecular flexibility index (Phi) is 8.61. The average molecular weight is 437 g/mol. The molecule has 1 aliphatic heterocycles. The Morgan fingerprint density at radius 3 is 2.79 bits per heavy atom. The summed E-state index contributed by atoms with van der Waals surface area (Å²) in [5, 5.41) is 9.73. The van der Waals surface area contributed by atoms with Crippen molar-refractivity contribution in [3.05, 3.63) is 51.2 Å². The van der Waals surface area contributed by atoms with Gasteiger partial charge in [0.1, 0.15) is 5.75 Å². The molecule has 3 rings (SSSR count). The lowest BCUT2D eigenvalue weighted by molar-refractivity contribution is 0.0177. The quantitative estimate of drug-likeness (QED) is 0.491. The summed E-state index contributed by atoms with van der Waals surface area (Å²) in [5.74, 6) is 1.57. The Morgan fingerprint density at radius 1 is 1.31 bits per heavy atom. The van der Waals surface area contributed by atoms with Crippen LogP contribution in [-0.2, 0) is 11.2 Å². The molecular formula is C21H29ClN4O2S. The van der Waals surface area contributed by atoms with Crippen LogP contribution in [-0.4, -0.2) is 64.4 Å². The van der Waals surface area contributed by atoms with Gasteiger partial charge in [-0.1, -0.05) is 23.7 Å². The molecular weight excluding hydrogens is 408 g/mol. The SMILES string of the molecule is CN=C(NCCc1ccc(OC)cc1Cl)NCC(c1cccs1)N1CCOCC1. The molecule has 6 nitrogen and oxygen atoms in total. The first-order chi connectivity index (χ1) is 14.2. The van der Waals surface area contributed by atoms with Crippen molar-refractivity contribution < 1.29 is 9.47 Å². The Balaban J connectivity index is 1.52. The van der Waals surface area contributed by atoms with E-state index in [2.05, 4.69) is 38.0 Å². The lowest BCUT2D eigenvalue weighted by atomic mass is 10.1. The number of hydrogen-bond donors (Lipinski definition) is 2. The standard InChI is InChI=1S/C21H29ClN4O2S/c1-23-21(24-8-7-16-5-6-17(27-2)14-18(16)22)25-15-19(20-4-3-13-29-20)26-9-11-28-12-10-26/h3-6,13-14,19H,7-12,15H2,1-2H3,(H2,23,24,25). The van der Waals surface area contributed by atoms with E-state index in [-0.39, 0.29) is 0 Å². The van der Waals surface area contributed by atoms with Crippen LogP contribution in [0.2, 0.25) is 5.02 Å². The highest BCUT2D eigenvalue weighted by atomic mass is 35.5. The van der Waals surface area contributed by atoms with E-state index in [9.17, 15) is 0 Å². The summed E-state index contributed by atoms with van der Waals surface area (Å²) >= 11 is 8.13. The van der Waals surface area contributed by atoms with Gasteiger partial charge < -0.3 is 20.1 Å². The summed E-state index contributed by atoms with van der Waals surface area (Å²) < 4.78 is 10.7. The zero-order valence-corrected chi connectivity index (χ0v) is 18.6. The van der Waals surface area contributed by atoms with Crippen molar-refractivity contribution in [2.75, 3.05) is 53.6 Å². The Labute approximate surface area is 181 Å². The third kappa shape index (κ3) is 6.34. The van der Waals surface area contributed by atoms with Gasteiger partial charge in [-0.05, 0) is 35.6 Å². The van der Waals surface area contributed by atoms with Gasteiger partial charge in [0, 0.05) is 43.1 Å². The molecule has 8 heteroatoms. The molecule has 1 aromatic carbocycles. The van der Waals surface area contributed by atoms with E-state index in [0.717, 1.165) is 68.1 Å². The summed E-state index contributed by atoms with van der Waals surface area (Å²) in [7, 11) is 3.44. The molecule has 1 unspecified atom stereocenters. The first kappa shape index (κ1) is 21.9. The van der Waals surface area contributed by atoms with Gasteiger partial charge in [-0.15, -0.1) is 11.3 Å². The minimum atomic E-state index is 0.313. The molecule has 0 bridgehead atoms. The van der Waals surface area contributed by atoms with E-state index in [1.54, 1.807) is 25.5 Å². The van der Waals surface area contributed by atoms with E-state index in [0.29, 0.717) is 6.04 Å². The van der Waals surface area contributed by atoms with Crippen LogP contribution in [0.4, 0.5) is 0 Å². The van der Waals surface area contributed by atoms with Crippen molar-refractivity contribution in [1.82, 2.24) is 15.5 Å². The first-order valence-electron chi connectivity index (χ1n) is 9.83. The molecule has 0 spiro atoms. The monoisotopic (exact) mass is 436 g/mol. The van der Waals surface area contributed by atoms with Crippen molar-refractivity contribution >= 4 is 28.9 Å². The molecule has 1 atom stereocenters. The number of morpholine rings is 1. The minimum absolute atomic E-state index is 0.313. The maximum atomic E-state index is 6.33. The van der Waals surface area contributed by atoms with Gasteiger partial charge in [0.05, 0.1) is 26.4 Å². The van der Waals surface area contributed by atoms with Crippen LogP contribution >= 0.6 is 22.9 Å². The summed E-state index contributed by atoms with van der Waals surface area (Å²) in [6.45, 7) is 5.02. The third-order valence-electron chi connectivity index (χ3n) is 4.99. The molecule has 0 saturated carbocycles. The van der Waals surface area contributed by atoms with Gasteiger partial charge in [0.15, 0.2) is 5.96 Å². The molecule has 158 valence electrons. The fraction of sp³-hybridized carbons (Fsp3) is 0.476. The number of guanidine groups is 1. The molecule has 2 heterocycles. The molecule has 0 aliphatic carbocycles. The lowest BCUT2D eigenvalue weighted by Gasteiger charge is -2.34. The van der Waals surface area contributed by atoms with E-state index in [1.807, 2.05) is 18.2 Å². The number of methoxy groups -OCH3 is 1. The highest BCUT2D eigenvalue weighted by Crippen LogP contribution is 2.25. The Bertz CT molecular complexity index is 779. The average Bonchev–Trinajstić information content (AvgIpc) is 3.29. The largest absolute Gasteiger partial charge is 0.497 e. The maximum absolute atomic E-state index is 6.33. The summed E-state index contributed by atoms with van der Waals surface area (Å²) in [5.41, 5.74) is 1.08. The minimum Gasteiger partial charge on any atom is -0.497 e. The van der Waals surface area contributed by atoms with Crippen molar-refractivity contribution in [3.8, 4) is 5.75 Å². The van der Waals surface area contributed by atoms with Gasteiger partial charge in [-0.3, -0.25) is 9.89 Å². The normalized spacial score (nSPS) is 16.4. The molecule has 2 aromatic rings. The Hall–Kier alpha value is -1.80. The number of nitrogens with zero attached hydrogens (tertiary/aromatic N) is 2. The second-order valence-electron chi connectivity index (χ2n) is 6.77. The smallest absolute Gasteiger partial charge is 0.191 e. The summed E-state index contributed by atoms with van der Waals surface area (Å²) in [6, 6.07) is 10.4. The van der Waals surface area contributed by atoms with Gasteiger partial charge in [0.2, 0.25) is 0 Å². The number of rotatable bonds is 8. The van der Waals surface area contributed by atoms with Crippen molar-refractivity contribution in [1.29, 1.82) is 0 Å². The van der Waals surface area contributed by atoms with Crippen molar-refractivity contribution in [2.45, 2.75) is 12.5 Å². The Morgan fingerprint density at radius 2 is 2.14 bits per heavy atom. The van der Waals surface area contributed by atoms with Crippen LogP contribution < -0.4 is 15.4 Å². The number of benzene rings is 1. The molecule has 1 aromatic heterocycles. The molecule has 1 aliphatic rings.